The molecule has 3 atom stereocenters. The largest absolute Gasteiger partial charge is 0.314 e. The highest BCUT2D eigenvalue weighted by Crippen LogP contribution is 2.36. The monoisotopic (exact) mass is 263 g/mol. The van der Waals surface area contributed by atoms with E-state index in [0.717, 1.165) is 29.5 Å². The van der Waals surface area contributed by atoms with E-state index in [-0.39, 0.29) is 0 Å². The van der Waals surface area contributed by atoms with Gasteiger partial charge in [-0.25, -0.2) is 0 Å². The molecule has 2 heteroatoms. The minimum Gasteiger partial charge on any atom is -0.314 e. The first kappa shape index (κ1) is 14.0. The van der Waals surface area contributed by atoms with Crippen LogP contribution in [0.3, 0.4) is 0 Å². The molecular weight excluding hydrogens is 238 g/mol. The second kappa shape index (κ2) is 6.63. The summed E-state index contributed by atoms with van der Waals surface area (Å²) in [6, 6.07) is 9.65. The zero-order valence-corrected chi connectivity index (χ0v) is 12.6. The van der Waals surface area contributed by atoms with Gasteiger partial charge in [0.25, 0.3) is 0 Å². The van der Waals surface area contributed by atoms with Gasteiger partial charge in [0.1, 0.15) is 0 Å². The molecule has 0 saturated heterocycles. The fourth-order valence-electron chi connectivity index (χ4n) is 2.92. The maximum absolute atomic E-state index is 3.62. The third kappa shape index (κ3) is 3.52. The molecule has 1 nitrogen and oxygen atoms in total. The van der Waals surface area contributed by atoms with Crippen LogP contribution in [0.15, 0.2) is 24.3 Å². The van der Waals surface area contributed by atoms with E-state index in [1.807, 2.05) is 0 Å². The van der Waals surface area contributed by atoms with Gasteiger partial charge in [-0.15, -0.1) is 0 Å². The number of hydrogen-bond donors (Lipinski definition) is 1. The van der Waals surface area contributed by atoms with Crippen LogP contribution in [0.2, 0.25) is 0 Å². The molecule has 1 aromatic carbocycles. The summed E-state index contributed by atoms with van der Waals surface area (Å²) < 4.78 is 0. The Balaban J connectivity index is 1.84. The normalized spacial score (nSPS) is 27.6. The van der Waals surface area contributed by atoms with Crippen molar-refractivity contribution in [3.63, 3.8) is 0 Å². The van der Waals surface area contributed by atoms with Gasteiger partial charge < -0.3 is 5.32 Å². The Bertz CT molecular complexity index is 377. The highest BCUT2D eigenvalue weighted by atomic mass is 32.2. The average Bonchev–Trinajstić information content (AvgIpc) is 2.69. The average molecular weight is 263 g/mol. The quantitative estimate of drug-likeness (QED) is 0.861. The number of thioether (sulfide) groups is 1. The van der Waals surface area contributed by atoms with Crippen LogP contribution >= 0.6 is 11.8 Å². The molecule has 1 aliphatic rings. The van der Waals surface area contributed by atoms with Crippen LogP contribution in [-0.2, 0) is 5.75 Å². The molecule has 0 radical (unpaired) electrons. The maximum Gasteiger partial charge on any atom is 0.0187 e. The molecule has 1 saturated carbocycles. The maximum atomic E-state index is 3.62. The topological polar surface area (TPSA) is 12.0 Å². The summed E-state index contributed by atoms with van der Waals surface area (Å²) in [6.45, 7) is 7.89. The summed E-state index contributed by atoms with van der Waals surface area (Å²) in [5, 5.41) is 4.45. The number of nitrogens with one attached hydrogen (secondary N) is 1. The molecule has 0 bridgehead atoms. The van der Waals surface area contributed by atoms with Crippen molar-refractivity contribution in [1.82, 2.24) is 5.32 Å². The molecule has 1 aromatic rings. The van der Waals surface area contributed by atoms with Crippen LogP contribution in [0.1, 0.15) is 37.8 Å². The minimum atomic E-state index is 0.741. The Morgan fingerprint density at radius 2 is 2.17 bits per heavy atom. The van der Waals surface area contributed by atoms with Crippen molar-refractivity contribution in [2.75, 3.05) is 6.54 Å². The van der Waals surface area contributed by atoms with Crippen molar-refractivity contribution in [3.05, 3.63) is 35.4 Å². The van der Waals surface area contributed by atoms with E-state index in [4.69, 9.17) is 0 Å². The van der Waals surface area contributed by atoms with E-state index in [0.29, 0.717) is 0 Å². The van der Waals surface area contributed by atoms with E-state index in [9.17, 15) is 0 Å². The van der Waals surface area contributed by atoms with Gasteiger partial charge in [-0.05, 0) is 37.8 Å². The predicted octanol–water partition coefficient (Wildman–Crippen LogP) is 4.00. The number of rotatable bonds is 5. The lowest BCUT2D eigenvalue weighted by atomic mass is 10.1. The lowest BCUT2D eigenvalue weighted by Gasteiger charge is -2.21. The summed E-state index contributed by atoms with van der Waals surface area (Å²) in [6.07, 6.45) is 2.72. The highest BCUT2D eigenvalue weighted by Gasteiger charge is 2.32. The summed E-state index contributed by atoms with van der Waals surface area (Å²) in [5.74, 6) is 1.97. The highest BCUT2D eigenvalue weighted by molar-refractivity contribution is 7.99. The molecule has 0 spiro atoms. The summed E-state index contributed by atoms with van der Waals surface area (Å²) in [7, 11) is 0. The molecule has 100 valence electrons. The van der Waals surface area contributed by atoms with Crippen LogP contribution in [-0.4, -0.2) is 17.8 Å². The first-order chi connectivity index (χ1) is 8.70. The Hall–Kier alpha value is -0.470. The van der Waals surface area contributed by atoms with E-state index < -0.39 is 0 Å². The second-order valence-electron chi connectivity index (χ2n) is 5.44. The van der Waals surface area contributed by atoms with Gasteiger partial charge in [0.2, 0.25) is 0 Å². The van der Waals surface area contributed by atoms with Crippen LogP contribution < -0.4 is 5.32 Å². The molecule has 2 rings (SSSR count). The zero-order valence-electron chi connectivity index (χ0n) is 11.8. The second-order valence-corrected chi connectivity index (χ2v) is 6.67. The molecule has 1 aliphatic carbocycles. The molecule has 0 amide bonds. The zero-order chi connectivity index (χ0) is 13.0. The predicted molar refractivity (Wildman–Crippen MR) is 82.1 cm³/mol. The van der Waals surface area contributed by atoms with Gasteiger partial charge >= 0.3 is 0 Å². The molecule has 18 heavy (non-hydrogen) atoms. The van der Waals surface area contributed by atoms with E-state index in [2.05, 4.69) is 62.1 Å². The van der Waals surface area contributed by atoms with Gasteiger partial charge in [0.15, 0.2) is 0 Å². The standard InChI is InChI=1S/C16H25NS/c1-4-17-15-8-9-16(13(15)3)18-11-14-7-5-6-12(2)10-14/h5-7,10,13,15-17H,4,8-9,11H2,1-3H3. The SMILES string of the molecule is CCNC1CCC(SCc2cccc(C)c2)C1C. The van der Waals surface area contributed by atoms with Crippen LogP contribution in [0.25, 0.3) is 0 Å². The van der Waals surface area contributed by atoms with Gasteiger partial charge in [-0.3, -0.25) is 0 Å². The van der Waals surface area contributed by atoms with E-state index in [1.54, 1.807) is 0 Å². The van der Waals surface area contributed by atoms with E-state index >= 15 is 0 Å². The van der Waals surface area contributed by atoms with E-state index in [1.165, 1.54) is 24.0 Å². The molecule has 3 unspecified atom stereocenters. The number of benzene rings is 1. The first-order valence-electron chi connectivity index (χ1n) is 7.11. The van der Waals surface area contributed by atoms with Gasteiger partial charge in [0.05, 0.1) is 0 Å². The molecule has 1 N–H and O–H groups in total. The van der Waals surface area contributed by atoms with Gasteiger partial charge in [0, 0.05) is 17.0 Å². The van der Waals surface area contributed by atoms with Crippen molar-refractivity contribution >= 4 is 11.8 Å². The number of hydrogen-bond acceptors (Lipinski definition) is 2. The lowest BCUT2D eigenvalue weighted by molar-refractivity contribution is 0.441. The summed E-state index contributed by atoms with van der Waals surface area (Å²) >= 11 is 2.14. The molecule has 0 aromatic heterocycles. The lowest BCUT2D eigenvalue weighted by Crippen LogP contribution is -2.33. The van der Waals surface area contributed by atoms with Gasteiger partial charge in [-0.2, -0.15) is 11.8 Å². The summed E-state index contributed by atoms with van der Waals surface area (Å²) in [5.41, 5.74) is 2.84. The Kier molecular flexibility index (Phi) is 5.13. The van der Waals surface area contributed by atoms with Crippen molar-refractivity contribution in [3.8, 4) is 0 Å². The molecule has 0 heterocycles. The Morgan fingerprint density at radius 3 is 2.89 bits per heavy atom. The third-order valence-corrected chi connectivity index (χ3v) is 5.59. The van der Waals surface area contributed by atoms with Crippen LogP contribution in [0, 0.1) is 12.8 Å². The van der Waals surface area contributed by atoms with Crippen LogP contribution in [0.4, 0.5) is 0 Å². The van der Waals surface area contributed by atoms with Crippen LogP contribution in [0.5, 0.6) is 0 Å². The van der Waals surface area contributed by atoms with Gasteiger partial charge in [-0.1, -0.05) is 43.7 Å². The summed E-state index contributed by atoms with van der Waals surface area (Å²) in [4.78, 5) is 0. The smallest absolute Gasteiger partial charge is 0.0187 e. The number of aryl methyl sites for hydroxylation is 1. The van der Waals surface area contributed by atoms with Crippen molar-refractivity contribution < 1.29 is 0 Å². The molecular formula is C16H25NS. The van der Waals surface area contributed by atoms with Crippen molar-refractivity contribution in [2.24, 2.45) is 5.92 Å². The minimum absolute atomic E-state index is 0.741. The first-order valence-corrected chi connectivity index (χ1v) is 8.16. The third-order valence-electron chi connectivity index (χ3n) is 4.00. The fraction of sp³-hybridized carbons (Fsp3) is 0.625. The molecule has 0 aliphatic heterocycles. The Morgan fingerprint density at radius 1 is 1.33 bits per heavy atom. The van der Waals surface area contributed by atoms with Crippen molar-refractivity contribution in [1.29, 1.82) is 0 Å². The fourth-order valence-corrected chi connectivity index (χ4v) is 4.30. The molecule has 1 fully saturated rings. The van der Waals surface area contributed by atoms with Crippen molar-refractivity contribution in [2.45, 2.75) is 50.7 Å². The Labute approximate surface area is 116 Å².